The number of nitrogens with zero attached hydrogens (tertiary/aromatic N) is 1. The lowest BCUT2D eigenvalue weighted by Gasteiger charge is -2.28. The molecule has 25 heavy (non-hydrogen) atoms. The zero-order chi connectivity index (χ0) is 18.3. The molecule has 0 spiro atoms. The molecule has 0 radical (unpaired) electrons. The van der Waals surface area contributed by atoms with Gasteiger partial charge < -0.3 is 14.0 Å². The Labute approximate surface area is 147 Å². The summed E-state index contributed by atoms with van der Waals surface area (Å²) in [6.07, 6.45) is 9.13. The highest BCUT2D eigenvalue weighted by atomic mass is 16.6. The van der Waals surface area contributed by atoms with Crippen LogP contribution >= 0.6 is 0 Å². The summed E-state index contributed by atoms with van der Waals surface area (Å²) < 4.78 is 12.2. The Kier molecular flexibility index (Phi) is 6.02. The van der Waals surface area contributed by atoms with Crippen LogP contribution in [-0.4, -0.2) is 29.7 Å². The Balaban J connectivity index is 2.51. The SMILES string of the molecule is C#CCC(C(=O)OCC)(C(=O)OCC)c1ccc(-n2cccc2)cc1. The third-order valence-corrected chi connectivity index (χ3v) is 3.88. The van der Waals surface area contributed by atoms with Crippen LogP contribution in [0.5, 0.6) is 0 Å². The zero-order valence-corrected chi connectivity index (χ0v) is 14.4. The summed E-state index contributed by atoms with van der Waals surface area (Å²) in [5.74, 6) is 1.03. The number of benzene rings is 1. The standard InChI is InChI=1S/C20H21NO4/c1-4-13-20(18(22)24-5-2,19(23)25-6-3)16-9-11-17(12-10-16)21-14-7-8-15-21/h1,7-12,14-15H,5-6,13H2,2-3H3. The van der Waals surface area contributed by atoms with Gasteiger partial charge in [-0.1, -0.05) is 12.1 Å². The number of esters is 2. The number of hydrogen-bond acceptors (Lipinski definition) is 4. The number of aromatic nitrogens is 1. The van der Waals surface area contributed by atoms with E-state index in [4.69, 9.17) is 15.9 Å². The van der Waals surface area contributed by atoms with Gasteiger partial charge in [-0.2, -0.15) is 0 Å². The molecule has 0 aliphatic rings. The van der Waals surface area contributed by atoms with Crippen LogP contribution in [0, 0.1) is 12.3 Å². The number of ether oxygens (including phenoxy) is 2. The largest absolute Gasteiger partial charge is 0.465 e. The van der Waals surface area contributed by atoms with Gasteiger partial charge in [0.2, 0.25) is 5.41 Å². The summed E-state index contributed by atoms with van der Waals surface area (Å²) in [4.78, 5) is 25.3. The molecule has 1 aromatic carbocycles. The van der Waals surface area contributed by atoms with Crippen molar-refractivity contribution in [3.8, 4) is 18.0 Å². The number of carbonyl (C=O) groups is 2. The Morgan fingerprint density at radius 1 is 1.04 bits per heavy atom. The van der Waals surface area contributed by atoms with E-state index >= 15 is 0 Å². The topological polar surface area (TPSA) is 57.5 Å². The molecule has 0 unspecified atom stereocenters. The highest BCUT2D eigenvalue weighted by Gasteiger charge is 2.50. The average molecular weight is 339 g/mol. The maximum atomic E-state index is 12.7. The molecule has 0 fully saturated rings. The molecule has 5 nitrogen and oxygen atoms in total. The highest BCUT2D eigenvalue weighted by molar-refractivity contribution is 6.06. The fourth-order valence-corrected chi connectivity index (χ4v) is 2.65. The van der Waals surface area contributed by atoms with E-state index in [9.17, 15) is 9.59 Å². The first-order valence-corrected chi connectivity index (χ1v) is 8.12. The smallest absolute Gasteiger partial charge is 0.329 e. The summed E-state index contributed by atoms with van der Waals surface area (Å²) in [5, 5.41) is 0. The normalized spacial score (nSPS) is 10.8. The number of rotatable bonds is 7. The van der Waals surface area contributed by atoms with Crippen LogP contribution in [-0.2, 0) is 24.5 Å². The molecule has 0 atom stereocenters. The predicted octanol–water partition coefficient (Wildman–Crippen LogP) is 2.86. The molecule has 2 rings (SSSR count). The van der Waals surface area contributed by atoms with Gasteiger partial charge in [-0.05, 0) is 43.7 Å². The zero-order valence-electron chi connectivity index (χ0n) is 14.4. The van der Waals surface area contributed by atoms with E-state index in [-0.39, 0.29) is 19.6 Å². The molecule has 1 aromatic heterocycles. The first kappa shape index (κ1) is 18.3. The third-order valence-electron chi connectivity index (χ3n) is 3.88. The molecule has 0 amide bonds. The second-order valence-electron chi connectivity index (χ2n) is 5.36. The first-order chi connectivity index (χ1) is 12.1. The minimum absolute atomic E-state index is 0.131. The van der Waals surface area contributed by atoms with Crippen molar-refractivity contribution in [2.24, 2.45) is 0 Å². The van der Waals surface area contributed by atoms with Gasteiger partial charge in [-0.3, -0.25) is 9.59 Å². The van der Waals surface area contributed by atoms with Crippen LogP contribution in [0.1, 0.15) is 25.8 Å². The fourth-order valence-electron chi connectivity index (χ4n) is 2.65. The monoisotopic (exact) mass is 339 g/mol. The van der Waals surface area contributed by atoms with E-state index in [2.05, 4.69) is 5.92 Å². The molecule has 2 aromatic rings. The Morgan fingerprint density at radius 2 is 1.56 bits per heavy atom. The van der Waals surface area contributed by atoms with E-state index in [1.807, 2.05) is 41.2 Å². The summed E-state index contributed by atoms with van der Waals surface area (Å²) in [5.41, 5.74) is -0.301. The van der Waals surface area contributed by atoms with Gasteiger partial charge in [0.1, 0.15) is 0 Å². The maximum Gasteiger partial charge on any atom is 0.329 e. The minimum Gasteiger partial charge on any atom is -0.465 e. The summed E-state index contributed by atoms with van der Waals surface area (Å²) in [7, 11) is 0. The van der Waals surface area contributed by atoms with Crippen LogP contribution in [0.2, 0.25) is 0 Å². The second-order valence-corrected chi connectivity index (χ2v) is 5.36. The van der Waals surface area contributed by atoms with E-state index in [0.29, 0.717) is 5.56 Å². The lowest BCUT2D eigenvalue weighted by atomic mass is 9.77. The van der Waals surface area contributed by atoms with Gasteiger partial charge in [0.05, 0.1) is 13.2 Å². The van der Waals surface area contributed by atoms with Gasteiger partial charge in [0.15, 0.2) is 0 Å². The van der Waals surface area contributed by atoms with E-state index < -0.39 is 17.4 Å². The number of carbonyl (C=O) groups excluding carboxylic acids is 2. The van der Waals surface area contributed by atoms with Gasteiger partial charge in [0.25, 0.3) is 0 Å². The molecular formula is C20H21NO4. The Morgan fingerprint density at radius 3 is 2.00 bits per heavy atom. The van der Waals surface area contributed by atoms with Crippen molar-refractivity contribution in [3.63, 3.8) is 0 Å². The van der Waals surface area contributed by atoms with Gasteiger partial charge in [0, 0.05) is 24.5 Å². The molecule has 0 saturated carbocycles. The molecular weight excluding hydrogens is 318 g/mol. The molecule has 1 heterocycles. The minimum atomic E-state index is -1.66. The number of hydrogen-bond donors (Lipinski definition) is 0. The number of terminal acetylenes is 1. The van der Waals surface area contributed by atoms with E-state index in [0.717, 1.165) is 5.69 Å². The van der Waals surface area contributed by atoms with Crippen LogP contribution in [0.25, 0.3) is 5.69 Å². The van der Waals surface area contributed by atoms with E-state index in [1.54, 1.807) is 26.0 Å². The highest BCUT2D eigenvalue weighted by Crippen LogP contribution is 2.32. The van der Waals surface area contributed by atoms with Crippen LogP contribution in [0.4, 0.5) is 0 Å². The van der Waals surface area contributed by atoms with Crippen molar-refractivity contribution < 1.29 is 19.1 Å². The molecule has 0 aliphatic carbocycles. The van der Waals surface area contributed by atoms with Crippen LogP contribution in [0.3, 0.4) is 0 Å². The van der Waals surface area contributed by atoms with Crippen molar-refractivity contribution in [1.82, 2.24) is 4.57 Å². The molecule has 0 bridgehead atoms. The van der Waals surface area contributed by atoms with Crippen molar-refractivity contribution in [2.75, 3.05) is 13.2 Å². The molecule has 0 aliphatic heterocycles. The predicted molar refractivity (Wildman–Crippen MR) is 94.2 cm³/mol. The van der Waals surface area contributed by atoms with Gasteiger partial charge in [-0.15, -0.1) is 12.3 Å². The molecule has 130 valence electrons. The van der Waals surface area contributed by atoms with Crippen LogP contribution < -0.4 is 0 Å². The van der Waals surface area contributed by atoms with E-state index in [1.165, 1.54) is 0 Å². The third kappa shape index (κ3) is 3.58. The van der Waals surface area contributed by atoms with Gasteiger partial charge in [-0.25, -0.2) is 0 Å². The van der Waals surface area contributed by atoms with Crippen molar-refractivity contribution >= 4 is 11.9 Å². The summed E-state index contributed by atoms with van der Waals surface area (Å²) >= 11 is 0. The van der Waals surface area contributed by atoms with Gasteiger partial charge >= 0.3 is 11.9 Å². The maximum absolute atomic E-state index is 12.7. The lowest BCUT2D eigenvalue weighted by Crippen LogP contribution is -2.46. The molecule has 5 heteroatoms. The summed E-state index contributed by atoms with van der Waals surface area (Å²) in [6, 6.07) is 10.9. The Hall–Kier alpha value is -3.00. The van der Waals surface area contributed by atoms with Crippen molar-refractivity contribution in [3.05, 3.63) is 54.4 Å². The first-order valence-electron chi connectivity index (χ1n) is 8.12. The van der Waals surface area contributed by atoms with Crippen molar-refractivity contribution in [2.45, 2.75) is 25.7 Å². The lowest BCUT2D eigenvalue weighted by molar-refractivity contribution is -0.164. The quantitative estimate of drug-likeness (QED) is 0.442. The van der Waals surface area contributed by atoms with Crippen molar-refractivity contribution in [1.29, 1.82) is 0 Å². The molecule has 0 N–H and O–H groups in total. The molecule has 0 saturated heterocycles. The van der Waals surface area contributed by atoms with Crippen LogP contribution in [0.15, 0.2) is 48.8 Å². The second kappa shape index (κ2) is 8.20. The Bertz CT molecular complexity index is 736. The summed E-state index contributed by atoms with van der Waals surface area (Å²) in [6.45, 7) is 3.65. The average Bonchev–Trinajstić information content (AvgIpc) is 3.15. The fraction of sp³-hybridized carbons (Fsp3) is 0.300.